The van der Waals surface area contributed by atoms with E-state index < -0.39 is 0 Å². The molecule has 1 heterocycles. The van der Waals surface area contributed by atoms with Gasteiger partial charge in [0.25, 0.3) is 0 Å². The highest BCUT2D eigenvalue weighted by Crippen LogP contribution is 2.65. The molecule has 0 atom stereocenters. The number of nitrogens with one attached hydrogen (secondary N) is 1. The summed E-state index contributed by atoms with van der Waals surface area (Å²) in [6.07, 6.45) is 4.16. The van der Waals surface area contributed by atoms with Gasteiger partial charge < -0.3 is 0 Å². The second kappa shape index (κ2) is 2.02. The lowest BCUT2D eigenvalue weighted by atomic mass is 9.43. The van der Waals surface area contributed by atoms with Gasteiger partial charge in [-0.3, -0.25) is 5.10 Å². The van der Waals surface area contributed by atoms with Crippen LogP contribution in [0.5, 0.6) is 0 Å². The molecule has 3 saturated carbocycles. The first-order valence-corrected chi connectivity index (χ1v) is 5.31. The smallest absolute Gasteiger partial charge is 0.0923 e. The first-order chi connectivity index (χ1) is 6.87. The number of benzene rings is 1. The lowest BCUT2D eigenvalue weighted by Crippen LogP contribution is -2.55. The summed E-state index contributed by atoms with van der Waals surface area (Å²) in [5.74, 6) is 1.03. The maximum Gasteiger partial charge on any atom is 0.0923 e. The molecule has 0 unspecified atom stereocenters. The number of rotatable bonds is 1. The van der Waals surface area contributed by atoms with E-state index in [2.05, 4.69) is 34.5 Å². The summed E-state index contributed by atoms with van der Waals surface area (Å²) >= 11 is 0. The highest BCUT2D eigenvalue weighted by molar-refractivity contribution is 5.82. The van der Waals surface area contributed by atoms with E-state index in [9.17, 15) is 0 Å². The van der Waals surface area contributed by atoms with E-state index in [1.165, 1.54) is 30.3 Å². The van der Waals surface area contributed by atoms with Crippen LogP contribution in [0.3, 0.4) is 0 Å². The molecule has 70 valence electrons. The first kappa shape index (κ1) is 7.04. The van der Waals surface area contributed by atoms with Gasteiger partial charge in [-0.05, 0) is 31.2 Å². The Morgan fingerprint density at radius 2 is 2.00 bits per heavy atom. The van der Waals surface area contributed by atoms with Crippen LogP contribution in [0.25, 0.3) is 10.9 Å². The summed E-state index contributed by atoms with van der Waals surface area (Å²) in [6, 6.07) is 8.43. The Morgan fingerprint density at radius 3 is 2.71 bits per heavy atom. The zero-order chi connectivity index (χ0) is 9.17. The summed E-state index contributed by atoms with van der Waals surface area (Å²) in [5, 5.41) is 8.95. The number of para-hydroxylation sites is 1. The summed E-state index contributed by atoms with van der Waals surface area (Å²) in [7, 11) is 0. The van der Waals surface area contributed by atoms with E-state index in [1.807, 2.05) is 0 Å². The third kappa shape index (κ3) is 0.637. The third-order valence-electron chi connectivity index (χ3n) is 4.03. The molecular weight excluding hydrogens is 172 g/mol. The lowest BCUT2D eigenvalue weighted by Gasteiger charge is -2.61. The molecule has 0 saturated heterocycles. The molecule has 2 nitrogen and oxygen atoms in total. The van der Waals surface area contributed by atoms with Gasteiger partial charge in [0.2, 0.25) is 0 Å². The second-order valence-corrected chi connectivity index (χ2v) is 4.87. The summed E-state index contributed by atoms with van der Waals surface area (Å²) in [6.45, 7) is 0. The first-order valence-electron chi connectivity index (χ1n) is 5.31. The van der Waals surface area contributed by atoms with Crippen molar-refractivity contribution in [1.29, 1.82) is 0 Å². The van der Waals surface area contributed by atoms with Crippen LogP contribution in [0.15, 0.2) is 24.3 Å². The van der Waals surface area contributed by atoms with E-state index in [0.717, 1.165) is 11.4 Å². The number of hydrogen-bond donors (Lipinski definition) is 1. The van der Waals surface area contributed by atoms with Crippen molar-refractivity contribution in [3.8, 4) is 0 Å². The Balaban J connectivity index is 1.97. The molecule has 0 spiro atoms. The zero-order valence-electron chi connectivity index (χ0n) is 7.96. The van der Waals surface area contributed by atoms with Crippen LogP contribution in [-0.4, -0.2) is 10.2 Å². The van der Waals surface area contributed by atoms with Gasteiger partial charge in [0.05, 0.1) is 5.52 Å². The minimum Gasteiger partial charge on any atom is -0.281 e. The standard InChI is InChI=1S/C12H12N2/c1-2-4-10-9(3-1)11(14-13-10)12-5-8(6-12)7-12/h1-4,8H,5-7H2,(H,13,14). The van der Waals surface area contributed by atoms with Crippen molar-refractivity contribution in [2.75, 3.05) is 0 Å². The molecule has 0 radical (unpaired) electrons. The molecule has 5 rings (SSSR count). The van der Waals surface area contributed by atoms with Crippen LogP contribution in [0.4, 0.5) is 0 Å². The minimum atomic E-state index is 0.501. The molecule has 2 aromatic rings. The van der Waals surface area contributed by atoms with Gasteiger partial charge in [0.15, 0.2) is 0 Å². The van der Waals surface area contributed by atoms with Gasteiger partial charge in [-0.2, -0.15) is 5.10 Å². The number of aromatic nitrogens is 2. The fourth-order valence-corrected chi connectivity index (χ4v) is 3.15. The van der Waals surface area contributed by atoms with Gasteiger partial charge in [-0.1, -0.05) is 18.2 Å². The number of nitrogens with zero attached hydrogens (tertiary/aromatic N) is 1. The van der Waals surface area contributed by atoms with Crippen molar-refractivity contribution >= 4 is 10.9 Å². The second-order valence-electron chi connectivity index (χ2n) is 4.87. The van der Waals surface area contributed by atoms with Gasteiger partial charge in [-0.25, -0.2) is 0 Å². The highest BCUT2D eigenvalue weighted by atomic mass is 15.1. The van der Waals surface area contributed by atoms with Crippen molar-refractivity contribution in [3.63, 3.8) is 0 Å². The van der Waals surface area contributed by atoms with Crippen LogP contribution in [-0.2, 0) is 5.41 Å². The molecule has 1 aromatic carbocycles. The number of fused-ring (bicyclic) bond motifs is 1. The van der Waals surface area contributed by atoms with Gasteiger partial charge in [0, 0.05) is 16.5 Å². The van der Waals surface area contributed by atoms with Crippen LogP contribution < -0.4 is 0 Å². The molecule has 2 bridgehead atoms. The average Bonchev–Trinajstić information content (AvgIpc) is 2.45. The van der Waals surface area contributed by atoms with Crippen LogP contribution >= 0.6 is 0 Å². The van der Waals surface area contributed by atoms with Gasteiger partial charge in [0.1, 0.15) is 0 Å². The molecule has 3 fully saturated rings. The monoisotopic (exact) mass is 184 g/mol. The summed E-state index contributed by atoms with van der Waals surface area (Å²) in [5.41, 5.74) is 3.02. The molecular formula is C12H12N2. The van der Waals surface area contributed by atoms with E-state index in [0.29, 0.717) is 5.41 Å². The topological polar surface area (TPSA) is 28.7 Å². The highest BCUT2D eigenvalue weighted by Gasteiger charge is 2.58. The Labute approximate surface area is 82.3 Å². The van der Waals surface area contributed by atoms with Crippen LogP contribution in [0.2, 0.25) is 0 Å². The number of aromatic amines is 1. The van der Waals surface area contributed by atoms with Crippen molar-refractivity contribution in [2.45, 2.75) is 24.7 Å². The van der Waals surface area contributed by atoms with E-state index in [1.54, 1.807) is 0 Å². The largest absolute Gasteiger partial charge is 0.281 e. The molecule has 0 amide bonds. The Kier molecular flexibility index (Phi) is 1.02. The predicted molar refractivity (Wildman–Crippen MR) is 55.1 cm³/mol. The lowest BCUT2D eigenvalue weighted by molar-refractivity contribution is -0.0297. The van der Waals surface area contributed by atoms with Crippen molar-refractivity contribution in [2.24, 2.45) is 5.92 Å². The fourth-order valence-electron chi connectivity index (χ4n) is 3.15. The Morgan fingerprint density at radius 1 is 1.21 bits per heavy atom. The fraction of sp³-hybridized carbons (Fsp3) is 0.417. The SMILES string of the molecule is c1ccc2c(C34CC(C3)C4)[nH]nc2c1. The molecule has 2 heteroatoms. The van der Waals surface area contributed by atoms with Gasteiger partial charge in [-0.15, -0.1) is 0 Å². The molecule has 1 aromatic heterocycles. The summed E-state index contributed by atoms with van der Waals surface area (Å²) in [4.78, 5) is 0. The average molecular weight is 184 g/mol. The molecule has 1 N–H and O–H groups in total. The van der Waals surface area contributed by atoms with Crippen molar-refractivity contribution < 1.29 is 0 Å². The molecule has 0 aliphatic heterocycles. The number of H-pyrrole nitrogens is 1. The molecule has 3 aliphatic carbocycles. The maximum absolute atomic E-state index is 4.37. The van der Waals surface area contributed by atoms with Gasteiger partial charge >= 0.3 is 0 Å². The quantitative estimate of drug-likeness (QED) is 0.725. The van der Waals surface area contributed by atoms with Crippen LogP contribution in [0.1, 0.15) is 25.0 Å². The minimum absolute atomic E-state index is 0.501. The Bertz CT molecular complexity index is 495. The molecule has 14 heavy (non-hydrogen) atoms. The van der Waals surface area contributed by atoms with Crippen molar-refractivity contribution in [1.82, 2.24) is 10.2 Å². The van der Waals surface area contributed by atoms with E-state index >= 15 is 0 Å². The van der Waals surface area contributed by atoms with Crippen LogP contribution in [0, 0.1) is 5.92 Å². The van der Waals surface area contributed by atoms with Crippen molar-refractivity contribution in [3.05, 3.63) is 30.0 Å². The van der Waals surface area contributed by atoms with E-state index in [-0.39, 0.29) is 0 Å². The zero-order valence-corrected chi connectivity index (χ0v) is 7.96. The molecule has 3 aliphatic rings. The predicted octanol–water partition coefficient (Wildman–Crippen LogP) is 2.61. The summed E-state index contributed by atoms with van der Waals surface area (Å²) < 4.78 is 0. The maximum atomic E-state index is 4.37. The third-order valence-corrected chi connectivity index (χ3v) is 4.03. The normalized spacial score (nSPS) is 33.9. The Hall–Kier alpha value is -1.31. The van der Waals surface area contributed by atoms with E-state index in [4.69, 9.17) is 0 Å². The number of hydrogen-bond acceptors (Lipinski definition) is 1.